The van der Waals surface area contributed by atoms with E-state index in [-0.39, 0.29) is 5.91 Å². The first kappa shape index (κ1) is 7.86. The van der Waals surface area contributed by atoms with Crippen LogP contribution in [0.3, 0.4) is 0 Å². The zero-order valence-electron chi connectivity index (χ0n) is 5.98. The molecule has 1 heterocycles. The average molecular weight is 162 g/mol. The maximum atomic E-state index is 11.0. The second-order valence-electron chi connectivity index (χ2n) is 2.64. The van der Waals surface area contributed by atoms with E-state index >= 15 is 0 Å². The number of hydrogen-bond donors (Lipinski definition) is 0. The summed E-state index contributed by atoms with van der Waals surface area (Å²) in [6, 6.07) is 0. The van der Waals surface area contributed by atoms with Crippen molar-refractivity contribution in [2.75, 3.05) is 6.54 Å². The van der Waals surface area contributed by atoms with Gasteiger partial charge in [-0.25, -0.2) is 0 Å². The summed E-state index contributed by atoms with van der Waals surface area (Å²) in [5.74, 6) is 0.0846. The van der Waals surface area contributed by atoms with E-state index in [0.29, 0.717) is 6.42 Å². The third-order valence-corrected chi connectivity index (χ3v) is 2.12. The van der Waals surface area contributed by atoms with Gasteiger partial charge >= 0.3 is 0 Å². The first-order chi connectivity index (χ1) is 4.80. The Morgan fingerprint density at radius 2 is 1.90 bits per heavy atom. The Hall–Kier alpha value is -0.240. The molecule has 0 aromatic carbocycles. The van der Waals surface area contributed by atoms with E-state index in [9.17, 15) is 4.79 Å². The molecule has 0 spiro atoms. The first-order valence-electron chi connectivity index (χ1n) is 3.77. The fourth-order valence-corrected chi connectivity index (χ4v) is 1.33. The Bertz CT molecular complexity index is 127. The van der Waals surface area contributed by atoms with Crippen molar-refractivity contribution in [3.8, 4) is 0 Å². The third kappa shape index (κ3) is 2.18. The SMILES string of the molecule is O=C1CCCCCCN1Cl. The van der Waals surface area contributed by atoms with E-state index < -0.39 is 0 Å². The molecular formula is C7H12ClNO. The Kier molecular flexibility index (Phi) is 3.00. The van der Waals surface area contributed by atoms with Crippen molar-refractivity contribution in [3.63, 3.8) is 0 Å². The van der Waals surface area contributed by atoms with E-state index in [4.69, 9.17) is 11.8 Å². The second kappa shape index (κ2) is 3.81. The van der Waals surface area contributed by atoms with Crippen LogP contribution in [0.4, 0.5) is 0 Å². The molecule has 1 aliphatic rings. The molecule has 3 heteroatoms. The molecule has 1 saturated heterocycles. The molecule has 1 fully saturated rings. The quantitative estimate of drug-likeness (QED) is 0.498. The molecule has 0 bridgehead atoms. The van der Waals surface area contributed by atoms with Gasteiger partial charge in [-0.05, 0) is 12.8 Å². The van der Waals surface area contributed by atoms with Crippen LogP contribution in [0.2, 0.25) is 0 Å². The van der Waals surface area contributed by atoms with Crippen LogP contribution in [-0.4, -0.2) is 16.9 Å². The normalized spacial score (nSPS) is 22.1. The van der Waals surface area contributed by atoms with E-state index in [1.54, 1.807) is 0 Å². The molecule has 10 heavy (non-hydrogen) atoms. The summed E-state index contributed by atoms with van der Waals surface area (Å²) in [7, 11) is 0. The molecule has 1 aliphatic heterocycles. The molecule has 0 saturated carbocycles. The molecule has 1 rings (SSSR count). The molecule has 2 nitrogen and oxygen atoms in total. The van der Waals surface area contributed by atoms with Gasteiger partial charge in [-0.3, -0.25) is 9.21 Å². The van der Waals surface area contributed by atoms with Crippen molar-refractivity contribution in [2.45, 2.75) is 32.1 Å². The van der Waals surface area contributed by atoms with Crippen molar-refractivity contribution in [1.82, 2.24) is 4.42 Å². The Morgan fingerprint density at radius 1 is 1.20 bits per heavy atom. The van der Waals surface area contributed by atoms with Crippen LogP contribution in [0.25, 0.3) is 0 Å². The summed E-state index contributed by atoms with van der Waals surface area (Å²) >= 11 is 5.63. The van der Waals surface area contributed by atoms with Crippen LogP contribution >= 0.6 is 11.8 Å². The maximum absolute atomic E-state index is 11.0. The molecule has 0 aromatic rings. The van der Waals surface area contributed by atoms with Gasteiger partial charge in [0, 0.05) is 24.7 Å². The van der Waals surface area contributed by atoms with Crippen LogP contribution in [0, 0.1) is 0 Å². The highest BCUT2D eigenvalue weighted by molar-refractivity contribution is 6.21. The van der Waals surface area contributed by atoms with Crippen LogP contribution < -0.4 is 0 Å². The van der Waals surface area contributed by atoms with Crippen molar-refractivity contribution in [3.05, 3.63) is 0 Å². The number of amides is 1. The zero-order chi connectivity index (χ0) is 7.40. The van der Waals surface area contributed by atoms with Crippen molar-refractivity contribution in [1.29, 1.82) is 0 Å². The zero-order valence-corrected chi connectivity index (χ0v) is 6.73. The molecule has 58 valence electrons. The van der Waals surface area contributed by atoms with Gasteiger partial charge in [-0.15, -0.1) is 0 Å². The summed E-state index contributed by atoms with van der Waals surface area (Å²) in [5.41, 5.74) is 0. The molecule has 0 atom stereocenters. The lowest BCUT2D eigenvalue weighted by Crippen LogP contribution is -2.23. The van der Waals surface area contributed by atoms with Crippen molar-refractivity contribution < 1.29 is 4.79 Å². The van der Waals surface area contributed by atoms with Crippen LogP contribution in [0.15, 0.2) is 0 Å². The van der Waals surface area contributed by atoms with Gasteiger partial charge in [0.15, 0.2) is 0 Å². The van der Waals surface area contributed by atoms with Gasteiger partial charge < -0.3 is 0 Å². The summed E-state index contributed by atoms with van der Waals surface area (Å²) in [4.78, 5) is 11.0. The first-order valence-corrected chi connectivity index (χ1v) is 4.10. The lowest BCUT2D eigenvalue weighted by atomic mass is 10.1. The molecule has 0 unspecified atom stereocenters. The highest BCUT2D eigenvalue weighted by atomic mass is 35.5. The maximum Gasteiger partial charge on any atom is 0.236 e. The van der Waals surface area contributed by atoms with Gasteiger partial charge in [-0.1, -0.05) is 12.8 Å². The monoisotopic (exact) mass is 161 g/mol. The van der Waals surface area contributed by atoms with Crippen LogP contribution in [0.5, 0.6) is 0 Å². The lowest BCUT2D eigenvalue weighted by molar-refractivity contribution is -0.127. The number of carbonyl (C=O) groups is 1. The number of nitrogens with zero attached hydrogens (tertiary/aromatic N) is 1. The molecule has 0 aromatic heterocycles. The van der Waals surface area contributed by atoms with E-state index in [0.717, 1.165) is 19.4 Å². The summed E-state index contributed by atoms with van der Waals surface area (Å²) in [6.07, 6.45) is 5.06. The minimum atomic E-state index is 0.0846. The summed E-state index contributed by atoms with van der Waals surface area (Å²) in [6.45, 7) is 0.723. The van der Waals surface area contributed by atoms with E-state index in [2.05, 4.69) is 0 Å². The van der Waals surface area contributed by atoms with Gasteiger partial charge in [0.25, 0.3) is 0 Å². The number of hydrogen-bond acceptors (Lipinski definition) is 1. The predicted octanol–water partition coefficient (Wildman–Crippen LogP) is 1.93. The van der Waals surface area contributed by atoms with Crippen LogP contribution in [0.1, 0.15) is 32.1 Å². The van der Waals surface area contributed by atoms with Gasteiger partial charge in [0.2, 0.25) is 5.91 Å². The standard InChI is InChI=1S/C7H12ClNO/c8-9-6-4-2-1-3-5-7(9)10/h1-6H2. The second-order valence-corrected chi connectivity index (χ2v) is 3.05. The van der Waals surface area contributed by atoms with Gasteiger partial charge in [-0.2, -0.15) is 0 Å². The Labute approximate surface area is 66.3 Å². The predicted molar refractivity (Wildman–Crippen MR) is 40.7 cm³/mol. The molecular weight excluding hydrogens is 150 g/mol. The van der Waals surface area contributed by atoms with Gasteiger partial charge in [0.1, 0.15) is 0 Å². The molecule has 1 amide bonds. The smallest absolute Gasteiger partial charge is 0.236 e. The highest BCUT2D eigenvalue weighted by Gasteiger charge is 2.12. The largest absolute Gasteiger partial charge is 0.274 e. The molecule has 0 N–H and O–H groups in total. The number of rotatable bonds is 0. The molecule has 0 aliphatic carbocycles. The van der Waals surface area contributed by atoms with Gasteiger partial charge in [0.05, 0.1) is 0 Å². The fraction of sp³-hybridized carbons (Fsp3) is 0.857. The van der Waals surface area contributed by atoms with Crippen LogP contribution in [-0.2, 0) is 4.79 Å². The minimum Gasteiger partial charge on any atom is -0.274 e. The number of halogens is 1. The lowest BCUT2D eigenvalue weighted by Gasteiger charge is -2.16. The van der Waals surface area contributed by atoms with E-state index in [1.165, 1.54) is 17.3 Å². The van der Waals surface area contributed by atoms with Crippen molar-refractivity contribution in [2.24, 2.45) is 0 Å². The van der Waals surface area contributed by atoms with Crippen molar-refractivity contribution >= 4 is 17.7 Å². The third-order valence-electron chi connectivity index (χ3n) is 1.77. The summed E-state index contributed by atoms with van der Waals surface area (Å²) < 4.78 is 1.32. The Morgan fingerprint density at radius 3 is 2.70 bits per heavy atom. The Balaban J connectivity index is 2.35. The number of carbonyl (C=O) groups excluding carboxylic acids is 1. The highest BCUT2D eigenvalue weighted by Crippen LogP contribution is 2.12. The van der Waals surface area contributed by atoms with E-state index in [1.807, 2.05) is 0 Å². The fourth-order valence-electron chi connectivity index (χ4n) is 1.13. The summed E-state index contributed by atoms with van der Waals surface area (Å²) in [5, 5.41) is 0. The average Bonchev–Trinajstić information content (AvgIpc) is 1.92. The topological polar surface area (TPSA) is 20.3 Å². The minimum absolute atomic E-state index is 0.0846. The molecule has 0 radical (unpaired) electrons.